The molecule has 3 heterocycles. The molecular formula is C11H10N4O2S. The first-order chi connectivity index (χ1) is 8.78. The third-order valence-electron chi connectivity index (χ3n) is 2.52. The van der Waals surface area contributed by atoms with Gasteiger partial charge in [0.1, 0.15) is 6.04 Å². The molecular weight excluding hydrogens is 252 g/mol. The van der Waals surface area contributed by atoms with E-state index in [4.69, 9.17) is 15.4 Å². The summed E-state index contributed by atoms with van der Waals surface area (Å²) in [5, 5.41) is 14.7. The fraction of sp³-hybridized carbons (Fsp3) is 0.182. The van der Waals surface area contributed by atoms with E-state index in [2.05, 4.69) is 15.1 Å². The molecule has 0 bridgehead atoms. The number of fused-ring (bicyclic) bond motifs is 1. The largest absolute Gasteiger partial charge is 0.394 e. The summed E-state index contributed by atoms with van der Waals surface area (Å²) < 4.78 is 6.06. The molecule has 0 aliphatic rings. The van der Waals surface area contributed by atoms with Crippen LogP contribution in [0.25, 0.3) is 21.6 Å². The Kier molecular flexibility index (Phi) is 2.78. The van der Waals surface area contributed by atoms with Crippen LogP contribution in [0.4, 0.5) is 0 Å². The lowest BCUT2D eigenvalue weighted by molar-refractivity contribution is 0.237. The summed E-state index contributed by atoms with van der Waals surface area (Å²) in [4.78, 5) is 8.44. The molecule has 1 atom stereocenters. The lowest BCUT2D eigenvalue weighted by Gasteiger charge is -1.98. The van der Waals surface area contributed by atoms with Crippen LogP contribution in [0.1, 0.15) is 11.9 Å². The van der Waals surface area contributed by atoms with Gasteiger partial charge in [0.15, 0.2) is 0 Å². The number of nitrogens with two attached hydrogens (primary N) is 1. The second kappa shape index (κ2) is 4.45. The standard InChI is InChI=1S/C11H10N4O2S/c12-7(5-16)11-14-10(15-17-11)6-3-9-8(13-4-6)1-2-18-9/h1-4,7,16H,5,12H2/t7-/m0/s1. The molecule has 0 aliphatic carbocycles. The fourth-order valence-electron chi connectivity index (χ4n) is 1.55. The monoisotopic (exact) mass is 262 g/mol. The number of aliphatic hydroxyl groups is 1. The minimum absolute atomic E-state index is 0.221. The molecule has 0 saturated heterocycles. The lowest BCUT2D eigenvalue weighted by atomic mass is 10.2. The van der Waals surface area contributed by atoms with Crippen molar-refractivity contribution in [1.29, 1.82) is 0 Å². The molecule has 0 spiro atoms. The van der Waals surface area contributed by atoms with Crippen LogP contribution in [0, 0.1) is 0 Å². The van der Waals surface area contributed by atoms with Crippen molar-refractivity contribution in [1.82, 2.24) is 15.1 Å². The zero-order valence-electron chi connectivity index (χ0n) is 9.28. The highest BCUT2D eigenvalue weighted by atomic mass is 32.1. The third kappa shape index (κ3) is 1.88. The van der Waals surface area contributed by atoms with Crippen molar-refractivity contribution in [3.63, 3.8) is 0 Å². The van der Waals surface area contributed by atoms with Gasteiger partial charge in [0.05, 0.1) is 16.8 Å². The summed E-state index contributed by atoms with van der Waals surface area (Å²) in [5.41, 5.74) is 7.31. The predicted molar refractivity (Wildman–Crippen MR) is 66.9 cm³/mol. The van der Waals surface area contributed by atoms with E-state index in [1.807, 2.05) is 17.5 Å². The Hall–Kier alpha value is -1.83. The van der Waals surface area contributed by atoms with Gasteiger partial charge in [-0.2, -0.15) is 4.98 Å². The molecule has 7 heteroatoms. The van der Waals surface area contributed by atoms with Crippen LogP contribution in [-0.2, 0) is 0 Å². The van der Waals surface area contributed by atoms with Crippen molar-refractivity contribution < 1.29 is 9.63 Å². The molecule has 0 fully saturated rings. The highest BCUT2D eigenvalue weighted by Gasteiger charge is 2.15. The van der Waals surface area contributed by atoms with E-state index < -0.39 is 6.04 Å². The van der Waals surface area contributed by atoms with Crippen molar-refractivity contribution in [2.24, 2.45) is 5.73 Å². The average Bonchev–Trinajstić information content (AvgIpc) is 3.05. The SMILES string of the molecule is N[C@@H](CO)c1nc(-c2cnc3ccsc3c2)no1. The molecule has 0 aliphatic heterocycles. The molecule has 18 heavy (non-hydrogen) atoms. The van der Waals surface area contributed by atoms with Crippen LogP contribution in [0.3, 0.4) is 0 Å². The van der Waals surface area contributed by atoms with Crippen LogP contribution in [0.15, 0.2) is 28.2 Å². The van der Waals surface area contributed by atoms with Crippen molar-refractivity contribution in [3.05, 3.63) is 29.6 Å². The minimum atomic E-state index is -0.648. The summed E-state index contributed by atoms with van der Waals surface area (Å²) in [5.74, 6) is 0.649. The van der Waals surface area contributed by atoms with Gasteiger partial charge >= 0.3 is 0 Å². The first kappa shape index (κ1) is 11.3. The third-order valence-corrected chi connectivity index (χ3v) is 3.37. The number of rotatable bonds is 3. The maximum Gasteiger partial charge on any atom is 0.246 e. The van der Waals surface area contributed by atoms with Crippen molar-refractivity contribution in [2.75, 3.05) is 6.61 Å². The Morgan fingerprint density at radius 3 is 3.22 bits per heavy atom. The molecule has 3 aromatic rings. The highest BCUT2D eigenvalue weighted by Crippen LogP contribution is 2.24. The van der Waals surface area contributed by atoms with Crippen molar-refractivity contribution in [2.45, 2.75) is 6.04 Å². The van der Waals surface area contributed by atoms with E-state index in [9.17, 15) is 0 Å². The molecule has 6 nitrogen and oxygen atoms in total. The fourth-order valence-corrected chi connectivity index (χ4v) is 2.33. The number of thiophene rings is 1. The van der Waals surface area contributed by atoms with Crippen LogP contribution in [0.2, 0.25) is 0 Å². The Bertz CT molecular complexity index is 678. The van der Waals surface area contributed by atoms with Gasteiger partial charge in [-0.1, -0.05) is 5.16 Å². The second-order valence-corrected chi connectivity index (χ2v) is 4.72. The average molecular weight is 262 g/mol. The van der Waals surface area contributed by atoms with Gasteiger partial charge in [-0.3, -0.25) is 4.98 Å². The number of pyridine rings is 1. The maximum atomic E-state index is 8.92. The normalized spacial score (nSPS) is 13.0. The highest BCUT2D eigenvalue weighted by molar-refractivity contribution is 7.17. The Balaban J connectivity index is 2.00. The molecule has 0 saturated carbocycles. The summed E-state index contributed by atoms with van der Waals surface area (Å²) >= 11 is 1.60. The van der Waals surface area contributed by atoms with Crippen LogP contribution in [-0.4, -0.2) is 26.8 Å². The first-order valence-corrected chi connectivity index (χ1v) is 6.19. The van der Waals surface area contributed by atoms with Crippen LogP contribution in [0.5, 0.6) is 0 Å². The number of aliphatic hydroxyl groups excluding tert-OH is 1. The number of aromatic nitrogens is 3. The molecule has 0 aromatic carbocycles. The molecule has 0 unspecified atom stereocenters. The van der Waals surface area contributed by atoms with Crippen molar-refractivity contribution in [3.8, 4) is 11.4 Å². The zero-order valence-corrected chi connectivity index (χ0v) is 10.1. The Labute approximate surface area is 106 Å². The summed E-state index contributed by atoms with van der Waals surface area (Å²) in [6.07, 6.45) is 1.69. The van der Waals surface area contributed by atoms with Gasteiger partial charge in [-0.25, -0.2) is 0 Å². The molecule has 0 amide bonds. The van der Waals surface area contributed by atoms with E-state index in [0.29, 0.717) is 5.82 Å². The Morgan fingerprint density at radius 1 is 1.50 bits per heavy atom. The topological polar surface area (TPSA) is 98.1 Å². The Morgan fingerprint density at radius 2 is 2.39 bits per heavy atom. The van der Waals surface area contributed by atoms with Gasteiger partial charge < -0.3 is 15.4 Å². The number of hydrogen-bond donors (Lipinski definition) is 2. The quantitative estimate of drug-likeness (QED) is 0.739. The number of hydrogen-bond acceptors (Lipinski definition) is 7. The molecule has 3 rings (SSSR count). The van der Waals surface area contributed by atoms with E-state index in [0.717, 1.165) is 15.8 Å². The zero-order chi connectivity index (χ0) is 12.5. The molecule has 92 valence electrons. The van der Waals surface area contributed by atoms with E-state index in [1.165, 1.54) is 0 Å². The van der Waals surface area contributed by atoms with Gasteiger partial charge in [0.2, 0.25) is 11.7 Å². The van der Waals surface area contributed by atoms with Crippen LogP contribution < -0.4 is 5.73 Å². The molecule has 3 aromatic heterocycles. The van der Waals surface area contributed by atoms with Gasteiger partial charge in [-0.15, -0.1) is 11.3 Å². The van der Waals surface area contributed by atoms with E-state index in [-0.39, 0.29) is 12.5 Å². The summed E-state index contributed by atoms with van der Waals surface area (Å²) in [7, 11) is 0. The van der Waals surface area contributed by atoms with Crippen LogP contribution >= 0.6 is 11.3 Å². The molecule has 0 radical (unpaired) electrons. The van der Waals surface area contributed by atoms with Crippen molar-refractivity contribution >= 4 is 21.6 Å². The second-order valence-electron chi connectivity index (χ2n) is 3.77. The van der Waals surface area contributed by atoms with E-state index in [1.54, 1.807) is 17.5 Å². The predicted octanol–water partition coefficient (Wildman–Crippen LogP) is 1.34. The van der Waals surface area contributed by atoms with Gasteiger partial charge in [0.25, 0.3) is 0 Å². The maximum absolute atomic E-state index is 8.92. The smallest absolute Gasteiger partial charge is 0.246 e. The van der Waals surface area contributed by atoms with E-state index >= 15 is 0 Å². The minimum Gasteiger partial charge on any atom is -0.394 e. The molecule has 3 N–H and O–H groups in total. The lowest BCUT2D eigenvalue weighted by Crippen LogP contribution is -2.14. The van der Waals surface area contributed by atoms with Gasteiger partial charge in [0, 0.05) is 11.8 Å². The first-order valence-electron chi connectivity index (χ1n) is 5.31. The number of nitrogens with zero attached hydrogens (tertiary/aromatic N) is 3. The summed E-state index contributed by atoms with van der Waals surface area (Å²) in [6, 6.07) is 3.25. The summed E-state index contributed by atoms with van der Waals surface area (Å²) in [6.45, 7) is -0.232. The van der Waals surface area contributed by atoms with Gasteiger partial charge in [-0.05, 0) is 17.5 Å².